The van der Waals surface area contributed by atoms with Crippen molar-refractivity contribution in [2.24, 2.45) is 0 Å². The van der Waals surface area contributed by atoms with Crippen molar-refractivity contribution in [3.63, 3.8) is 0 Å². The lowest BCUT2D eigenvalue weighted by atomic mass is 10.3. The molecule has 0 aliphatic heterocycles. The van der Waals surface area contributed by atoms with Gasteiger partial charge < -0.3 is 0 Å². The summed E-state index contributed by atoms with van der Waals surface area (Å²) in [5.41, 5.74) is 0.720. The van der Waals surface area contributed by atoms with Crippen LogP contribution in [0.2, 0.25) is 0 Å². The number of hydrogen-bond donors (Lipinski definition) is 0. The number of rotatable bonds is 4. The van der Waals surface area contributed by atoms with E-state index in [2.05, 4.69) is 10.1 Å². The third kappa shape index (κ3) is 2.68. The molecule has 3 aromatic rings. The molecule has 0 atom stereocenters. The van der Waals surface area contributed by atoms with Gasteiger partial charge in [0.15, 0.2) is 5.78 Å². The molecule has 0 unspecified atom stereocenters. The van der Waals surface area contributed by atoms with Gasteiger partial charge in [-0.15, -0.1) is 11.8 Å². The van der Waals surface area contributed by atoms with Gasteiger partial charge in [0.2, 0.25) is 4.96 Å². The Labute approximate surface area is 126 Å². The SMILES string of the molecule is Cc1c(C(=O)CSc2ccc(F)cc2F)sc2ncnn12. The summed E-state index contributed by atoms with van der Waals surface area (Å²) in [4.78, 5) is 17.7. The molecular weight excluding hydrogens is 316 g/mol. The van der Waals surface area contributed by atoms with Crippen LogP contribution in [0.1, 0.15) is 15.4 Å². The van der Waals surface area contributed by atoms with Crippen molar-refractivity contribution in [3.8, 4) is 0 Å². The molecule has 108 valence electrons. The van der Waals surface area contributed by atoms with Crippen molar-refractivity contribution >= 4 is 33.8 Å². The number of thioether (sulfide) groups is 1. The van der Waals surface area contributed by atoms with Gasteiger partial charge in [0.1, 0.15) is 18.0 Å². The minimum Gasteiger partial charge on any atom is -0.292 e. The van der Waals surface area contributed by atoms with Gasteiger partial charge in [-0.3, -0.25) is 4.79 Å². The van der Waals surface area contributed by atoms with E-state index >= 15 is 0 Å². The highest BCUT2D eigenvalue weighted by Crippen LogP contribution is 2.26. The molecule has 8 heteroatoms. The van der Waals surface area contributed by atoms with Crippen molar-refractivity contribution in [2.75, 3.05) is 5.75 Å². The highest BCUT2D eigenvalue weighted by atomic mass is 32.2. The zero-order valence-electron chi connectivity index (χ0n) is 10.8. The van der Waals surface area contributed by atoms with Crippen molar-refractivity contribution < 1.29 is 13.6 Å². The highest BCUT2D eigenvalue weighted by Gasteiger charge is 2.17. The minimum atomic E-state index is -0.660. The maximum atomic E-state index is 13.5. The molecule has 0 spiro atoms. The van der Waals surface area contributed by atoms with E-state index < -0.39 is 11.6 Å². The Hall–Kier alpha value is -1.80. The molecule has 0 saturated carbocycles. The van der Waals surface area contributed by atoms with E-state index in [1.807, 2.05) is 0 Å². The Bertz CT molecular complexity index is 828. The molecule has 2 heterocycles. The van der Waals surface area contributed by atoms with Gasteiger partial charge >= 0.3 is 0 Å². The molecule has 4 nitrogen and oxygen atoms in total. The van der Waals surface area contributed by atoms with Crippen molar-refractivity contribution in [2.45, 2.75) is 11.8 Å². The molecule has 1 aromatic carbocycles. The highest BCUT2D eigenvalue weighted by molar-refractivity contribution is 8.00. The summed E-state index contributed by atoms with van der Waals surface area (Å²) in [7, 11) is 0. The topological polar surface area (TPSA) is 47.3 Å². The quantitative estimate of drug-likeness (QED) is 0.545. The maximum Gasteiger partial charge on any atom is 0.212 e. The molecule has 0 amide bonds. The molecule has 21 heavy (non-hydrogen) atoms. The summed E-state index contributed by atoms with van der Waals surface area (Å²) >= 11 is 2.30. The van der Waals surface area contributed by atoms with Crippen LogP contribution in [0.25, 0.3) is 4.96 Å². The first kappa shape index (κ1) is 14.2. The predicted octanol–water partition coefficient (Wildman–Crippen LogP) is 3.35. The molecule has 0 fully saturated rings. The van der Waals surface area contributed by atoms with Gasteiger partial charge in [-0.2, -0.15) is 5.10 Å². The van der Waals surface area contributed by atoms with E-state index in [1.165, 1.54) is 29.8 Å². The minimum absolute atomic E-state index is 0.0764. The molecule has 3 rings (SSSR count). The summed E-state index contributed by atoms with van der Waals surface area (Å²) in [6.07, 6.45) is 1.43. The number of aryl methyl sites for hydroxylation is 1. The first-order valence-corrected chi connectivity index (χ1v) is 7.76. The Morgan fingerprint density at radius 1 is 1.43 bits per heavy atom. The van der Waals surface area contributed by atoms with E-state index in [0.717, 1.165) is 23.5 Å². The second-order valence-electron chi connectivity index (χ2n) is 4.26. The fourth-order valence-electron chi connectivity index (χ4n) is 1.85. The summed E-state index contributed by atoms with van der Waals surface area (Å²) < 4.78 is 27.9. The Kier molecular flexibility index (Phi) is 3.73. The molecule has 0 radical (unpaired) electrons. The summed E-state index contributed by atoms with van der Waals surface area (Å²) in [5, 5.41) is 4.02. The predicted molar refractivity (Wildman–Crippen MR) is 77.0 cm³/mol. The van der Waals surface area contributed by atoms with E-state index in [0.29, 0.717) is 9.84 Å². The number of hydrogen-bond acceptors (Lipinski definition) is 5. The number of fused-ring (bicyclic) bond motifs is 1. The van der Waals surface area contributed by atoms with E-state index in [-0.39, 0.29) is 16.4 Å². The first-order chi connectivity index (χ1) is 10.1. The second kappa shape index (κ2) is 5.53. The van der Waals surface area contributed by atoms with Crippen molar-refractivity contribution in [3.05, 3.63) is 46.7 Å². The van der Waals surface area contributed by atoms with Gasteiger partial charge in [-0.05, 0) is 19.1 Å². The third-order valence-electron chi connectivity index (χ3n) is 2.86. The van der Waals surface area contributed by atoms with Crippen LogP contribution in [0.15, 0.2) is 29.4 Å². The largest absolute Gasteiger partial charge is 0.292 e. The number of nitrogens with zero attached hydrogens (tertiary/aromatic N) is 3. The third-order valence-corrected chi connectivity index (χ3v) is 5.10. The van der Waals surface area contributed by atoms with Crippen LogP contribution < -0.4 is 0 Å². The molecule has 0 N–H and O–H groups in total. The zero-order valence-corrected chi connectivity index (χ0v) is 12.5. The fourth-order valence-corrected chi connectivity index (χ4v) is 3.71. The number of halogens is 2. The molecule has 0 saturated heterocycles. The van der Waals surface area contributed by atoms with Crippen LogP contribution >= 0.6 is 23.1 Å². The van der Waals surface area contributed by atoms with E-state index in [4.69, 9.17) is 0 Å². The van der Waals surface area contributed by atoms with Crippen LogP contribution in [0, 0.1) is 18.6 Å². The van der Waals surface area contributed by atoms with Gasteiger partial charge in [0, 0.05) is 11.0 Å². The number of ketones is 1. The normalized spacial score (nSPS) is 11.2. The fraction of sp³-hybridized carbons (Fsp3) is 0.154. The average Bonchev–Trinajstić information content (AvgIpc) is 3.01. The Morgan fingerprint density at radius 2 is 2.24 bits per heavy atom. The molecule has 0 bridgehead atoms. The van der Waals surface area contributed by atoms with Gasteiger partial charge in [-0.1, -0.05) is 11.3 Å². The van der Waals surface area contributed by atoms with Crippen LogP contribution in [0.4, 0.5) is 8.78 Å². The first-order valence-electron chi connectivity index (χ1n) is 5.96. The monoisotopic (exact) mass is 325 g/mol. The van der Waals surface area contributed by atoms with Gasteiger partial charge in [0.25, 0.3) is 0 Å². The zero-order chi connectivity index (χ0) is 15.0. The van der Waals surface area contributed by atoms with E-state index in [1.54, 1.807) is 11.4 Å². The number of carbonyl (C=O) groups excluding carboxylic acids is 1. The molecule has 0 aliphatic rings. The lowest BCUT2D eigenvalue weighted by molar-refractivity contribution is 0.102. The van der Waals surface area contributed by atoms with Crippen molar-refractivity contribution in [1.82, 2.24) is 14.6 Å². The summed E-state index contributed by atoms with van der Waals surface area (Å²) in [6.45, 7) is 1.79. The van der Waals surface area contributed by atoms with Crippen LogP contribution in [0.5, 0.6) is 0 Å². The summed E-state index contributed by atoms with van der Waals surface area (Å²) in [6, 6.07) is 3.31. The lowest BCUT2D eigenvalue weighted by Gasteiger charge is -2.02. The summed E-state index contributed by atoms with van der Waals surface area (Å²) in [5.74, 6) is -1.34. The van der Waals surface area contributed by atoms with E-state index in [9.17, 15) is 13.6 Å². The molecular formula is C13H9F2N3OS2. The Balaban J connectivity index is 1.77. The van der Waals surface area contributed by atoms with Crippen LogP contribution in [-0.4, -0.2) is 26.1 Å². The van der Waals surface area contributed by atoms with Gasteiger partial charge in [-0.25, -0.2) is 18.3 Å². The second-order valence-corrected chi connectivity index (χ2v) is 6.25. The Morgan fingerprint density at radius 3 is 2.95 bits per heavy atom. The van der Waals surface area contributed by atoms with Crippen molar-refractivity contribution in [1.29, 1.82) is 0 Å². The maximum absolute atomic E-state index is 13.5. The molecule has 2 aromatic heterocycles. The average molecular weight is 325 g/mol. The van der Waals surface area contributed by atoms with Crippen LogP contribution in [-0.2, 0) is 0 Å². The number of carbonyl (C=O) groups is 1. The number of benzene rings is 1. The standard InChI is InChI=1S/C13H9F2N3OS2/c1-7-12(21-13-16-6-17-18(7)13)10(19)5-20-11-3-2-8(14)4-9(11)15/h2-4,6H,5H2,1H3. The van der Waals surface area contributed by atoms with Crippen LogP contribution in [0.3, 0.4) is 0 Å². The number of aromatic nitrogens is 3. The number of Topliss-reactive ketones (excluding diaryl/α,β-unsaturated/α-hetero) is 1. The lowest BCUT2D eigenvalue weighted by Crippen LogP contribution is -2.03. The van der Waals surface area contributed by atoms with Gasteiger partial charge in [0.05, 0.1) is 16.3 Å². The smallest absolute Gasteiger partial charge is 0.212 e. The number of thiazole rings is 1. The molecule has 0 aliphatic carbocycles.